The number of hydrogen-bond donors (Lipinski definition) is 1. The molecule has 2 heterocycles. The van der Waals surface area contributed by atoms with Crippen molar-refractivity contribution >= 4 is 28.5 Å². The van der Waals surface area contributed by atoms with Crippen LogP contribution in [0.15, 0.2) is 78.9 Å². The highest BCUT2D eigenvalue weighted by atomic mass is 35.5. The maximum Gasteiger partial charge on any atom is 0.355 e. The summed E-state index contributed by atoms with van der Waals surface area (Å²) in [7, 11) is 0. The quantitative estimate of drug-likeness (QED) is 0.198. The summed E-state index contributed by atoms with van der Waals surface area (Å²) in [6.45, 7) is 4.66. The summed E-state index contributed by atoms with van der Waals surface area (Å²) in [5.41, 5.74) is 6.81. The molecule has 1 aliphatic rings. The number of aromatic nitrogens is 1. The number of carbonyl (C=O) groups is 1. The number of aromatic amines is 1. The van der Waals surface area contributed by atoms with Crippen LogP contribution in [-0.4, -0.2) is 24.4 Å². The minimum absolute atomic E-state index is 0.161. The number of nitrogens with one attached hydrogen (secondary N) is 1. The Kier molecular flexibility index (Phi) is 7.10. The highest BCUT2D eigenvalue weighted by molar-refractivity contribution is 6.31. The first kappa shape index (κ1) is 25.8. The lowest BCUT2D eigenvalue weighted by Crippen LogP contribution is -2.06. The van der Waals surface area contributed by atoms with Gasteiger partial charge in [-0.15, -0.1) is 0 Å². The van der Waals surface area contributed by atoms with Gasteiger partial charge in [0.25, 0.3) is 0 Å². The first-order valence-corrected chi connectivity index (χ1v) is 13.6. The molecule has 202 valence electrons. The molecule has 1 aliphatic heterocycles. The number of carbonyl (C=O) groups excluding carboxylic acids is 1. The minimum Gasteiger partial charge on any atom is -0.489 e. The second kappa shape index (κ2) is 11.0. The zero-order valence-electron chi connectivity index (χ0n) is 22.3. The molecule has 1 N–H and O–H groups in total. The average Bonchev–Trinajstić information content (AvgIpc) is 3.58. The molecule has 7 heteroatoms. The fraction of sp³-hybridized carbons (Fsp3) is 0.182. The maximum atomic E-state index is 13.2. The summed E-state index contributed by atoms with van der Waals surface area (Å²) in [5, 5.41) is 1.44. The van der Waals surface area contributed by atoms with Gasteiger partial charge < -0.3 is 23.9 Å². The van der Waals surface area contributed by atoms with E-state index in [1.165, 1.54) is 0 Å². The summed E-state index contributed by atoms with van der Waals surface area (Å²) in [4.78, 5) is 16.5. The van der Waals surface area contributed by atoms with E-state index in [4.69, 9.17) is 30.5 Å². The van der Waals surface area contributed by atoms with Crippen LogP contribution in [0, 0.1) is 6.92 Å². The van der Waals surface area contributed by atoms with Crippen molar-refractivity contribution < 1.29 is 23.7 Å². The third-order valence-corrected chi connectivity index (χ3v) is 7.35. The molecule has 0 bridgehead atoms. The average molecular weight is 554 g/mol. The van der Waals surface area contributed by atoms with Gasteiger partial charge in [0, 0.05) is 39.5 Å². The summed E-state index contributed by atoms with van der Waals surface area (Å²) in [5.74, 6) is 1.57. The molecule has 0 amide bonds. The van der Waals surface area contributed by atoms with Crippen LogP contribution < -0.4 is 14.2 Å². The number of halogens is 1. The molecular weight excluding hydrogens is 526 g/mol. The predicted octanol–water partition coefficient (Wildman–Crippen LogP) is 7.87. The number of benzene rings is 4. The summed E-state index contributed by atoms with van der Waals surface area (Å²) < 4.78 is 23.0. The Bertz CT molecular complexity index is 1690. The first-order chi connectivity index (χ1) is 19.5. The predicted molar refractivity (Wildman–Crippen MR) is 156 cm³/mol. The highest BCUT2D eigenvalue weighted by Crippen LogP contribution is 2.43. The van der Waals surface area contributed by atoms with Gasteiger partial charge in [0.2, 0.25) is 6.79 Å². The second-order valence-electron chi connectivity index (χ2n) is 9.67. The fourth-order valence-electron chi connectivity index (χ4n) is 5.04. The van der Waals surface area contributed by atoms with Crippen molar-refractivity contribution in [2.45, 2.75) is 26.9 Å². The van der Waals surface area contributed by atoms with Crippen LogP contribution in [0.25, 0.3) is 22.0 Å². The number of rotatable bonds is 8. The van der Waals surface area contributed by atoms with E-state index in [1.807, 2.05) is 79.7 Å². The van der Waals surface area contributed by atoms with Crippen LogP contribution in [0.4, 0.5) is 0 Å². The van der Waals surface area contributed by atoms with Gasteiger partial charge in [0.1, 0.15) is 18.1 Å². The lowest BCUT2D eigenvalue weighted by Gasteiger charge is -2.16. The third-order valence-electron chi connectivity index (χ3n) is 7.00. The highest BCUT2D eigenvalue weighted by Gasteiger charge is 2.26. The van der Waals surface area contributed by atoms with E-state index < -0.39 is 5.97 Å². The fourth-order valence-corrected chi connectivity index (χ4v) is 5.26. The Morgan fingerprint density at radius 1 is 0.975 bits per heavy atom. The van der Waals surface area contributed by atoms with Crippen LogP contribution in [0.1, 0.15) is 39.7 Å². The van der Waals surface area contributed by atoms with Gasteiger partial charge in [-0.25, -0.2) is 4.79 Å². The molecule has 1 aromatic heterocycles. The van der Waals surface area contributed by atoms with Gasteiger partial charge in [-0.3, -0.25) is 0 Å². The Morgan fingerprint density at radius 2 is 1.73 bits per heavy atom. The topological polar surface area (TPSA) is 69.8 Å². The molecule has 0 fully saturated rings. The molecule has 0 spiro atoms. The van der Waals surface area contributed by atoms with Gasteiger partial charge in [-0.2, -0.15) is 0 Å². The standard InChI is InChI=1S/C33H28ClNO5/c1-3-37-33(36)32-30(22-11-9-20(2)10-12-22)31-24(15-23-16-28-29(17-25(23)34)40-19-39-28)27(14-13-26(31)35-32)38-18-21-7-5-4-6-8-21/h4-14,16-17,35H,3,15,18-19H2,1-2H3. The van der Waals surface area contributed by atoms with E-state index in [0.717, 1.165) is 44.3 Å². The van der Waals surface area contributed by atoms with Gasteiger partial charge >= 0.3 is 5.97 Å². The Hall–Kier alpha value is -4.42. The van der Waals surface area contributed by atoms with E-state index in [2.05, 4.69) is 4.98 Å². The van der Waals surface area contributed by atoms with Crippen LogP contribution in [0.2, 0.25) is 5.02 Å². The van der Waals surface area contributed by atoms with Gasteiger partial charge in [0.05, 0.1) is 6.61 Å². The lowest BCUT2D eigenvalue weighted by atomic mass is 9.93. The van der Waals surface area contributed by atoms with Crippen molar-refractivity contribution in [3.05, 3.63) is 112 Å². The Balaban J connectivity index is 1.56. The normalized spacial score (nSPS) is 12.1. The molecule has 0 saturated heterocycles. The Labute approximate surface area is 237 Å². The molecule has 6 rings (SSSR count). The van der Waals surface area contributed by atoms with Crippen LogP contribution in [0.5, 0.6) is 17.2 Å². The SMILES string of the molecule is CCOC(=O)c1[nH]c2ccc(OCc3ccccc3)c(Cc3cc4c(cc3Cl)OCO4)c2c1-c1ccc(C)cc1. The number of hydrogen-bond acceptors (Lipinski definition) is 5. The van der Waals surface area contributed by atoms with Crippen LogP contribution >= 0.6 is 11.6 Å². The summed E-state index contributed by atoms with van der Waals surface area (Å²) in [6.07, 6.45) is 0.440. The van der Waals surface area contributed by atoms with Crippen molar-refractivity contribution in [1.82, 2.24) is 4.98 Å². The molecule has 0 saturated carbocycles. The Morgan fingerprint density at radius 3 is 2.48 bits per heavy atom. The maximum absolute atomic E-state index is 13.2. The number of ether oxygens (including phenoxy) is 4. The zero-order chi connectivity index (χ0) is 27.6. The van der Waals surface area contributed by atoms with Crippen molar-refractivity contribution in [1.29, 1.82) is 0 Å². The zero-order valence-corrected chi connectivity index (χ0v) is 23.0. The summed E-state index contributed by atoms with van der Waals surface area (Å²) in [6, 6.07) is 25.7. The molecular formula is C33H28ClNO5. The van der Waals surface area contributed by atoms with Gasteiger partial charge in [-0.1, -0.05) is 71.8 Å². The second-order valence-corrected chi connectivity index (χ2v) is 10.1. The largest absolute Gasteiger partial charge is 0.489 e. The van der Waals surface area contributed by atoms with Crippen molar-refractivity contribution in [2.75, 3.05) is 13.4 Å². The van der Waals surface area contributed by atoms with E-state index >= 15 is 0 Å². The molecule has 0 radical (unpaired) electrons. The molecule has 0 unspecified atom stereocenters. The molecule has 0 aliphatic carbocycles. The van der Waals surface area contributed by atoms with Crippen LogP contribution in [0.3, 0.4) is 0 Å². The van der Waals surface area contributed by atoms with Crippen molar-refractivity contribution in [3.63, 3.8) is 0 Å². The van der Waals surface area contributed by atoms with E-state index in [-0.39, 0.29) is 13.4 Å². The van der Waals surface area contributed by atoms with Crippen molar-refractivity contribution in [2.24, 2.45) is 0 Å². The van der Waals surface area contributed by atoms with Crippen molar-refractivity contribution in [3.8, 4) is 28.4 Å². The lowest BCUT2D eigenvalue weighted by molar-refractivity contribution is 0.0521. The molecule has 0 atom stereocenters. The van der Waals surface area contributed by atoms with Crippen LogP contribution in [-0.2, 0) is 17.8 Å². The smallest absolute Gasteiger partial charge is 0.355 e. The summed E-state index contributed by atoms with van der Waals surface area (Å²) >= 11 is 6.75. The van der Waals surface area contributed by atoms with Gasteiger partial charge in [-0.05, 0) is 48.7 Å². The van der Waals surface area contributed by atoms with E-state index in [1.54, 1.807) is 13.0 Å². The van der Waals surface area contributed by atoms with E-state index in [9.17, 15) is 4.79 Å². The molecule has 6 nitrogen and oxygen atoms in total. The molecule has 5 aromatic rings. The number of esters is 1. The third kappa shape index (κ3) is 4.98. The number of H-pyrrole nitrogens is 1. The van der Waals surface area contributed by atoms with E-state index in [0.29, 0.717) is 41.0 Å². The van der Waals surface area contributed by atoms with Gasteiger partial charge in [0.15, 0.2) is 11.5 Å². The minimum atomic E-state index is -0.409. The number of aryl methyl sites for hydroxylation is 1. The molecule has 40 heavy (non-hydrogen) atoms. The number of fused-ring (bicyclic) bond motifs is 2. The monoisotopic (exact) mass is 553 g/mol. The molecule has 4 aromatic carbocycles. The first-order valence-electron chi connectivity index (χ1n) is 13.2.